The van der Waals surface area contributed by atoms with E-state index in [4.69, 9.17) is 4.42 Å². The zero-order valence-corrected chi connectivity index (χ0v) is 13.1. The summed E-state index contributed by atoms with van der Waals surface area (Å²) in [7, 11) is 0. The number of nitrogens with zero attached hydrogens (tertiary/aromatic N) is 1. The summed E-state index contributed by atoms with van der Waals surface area (Å²) in [6.45, 7) is 0.640. The highest BCUT2D eigenvalue weighted by atomic mass is 19.4. The van der Waals surface area contributed by atoms with Crippen LogP contribution in [0.1, 0.15) is 21.7 Å². The third-order valence-corrected chi connectivity index (χ3v) is 3.21. The van der Waals surface area contributed by atoms with Crippen molar-refractivity contribution in [2.45, 2.75) is 13.1 Å². The number of furan rings is 1. The number of non-ortho nitro benzene ring substituents is 1. The molecule has 0 unspecified atom stereocenters. The van der Waals surface area contributed by atoms with Gasteiger partial charge in [-0.25, -0.2) is 4.79 Å². The van der Waals surface area contributed by atoms with E-state index in [9.17, 15) is 32.9 Å². The van der Waals surface area contributed by atoms with E-state index in [1.807, 2.05) is 5.32 Å². The summed E-state index contributed by atoms with van der Waals surface area (Å²) < 4.78 is 48.6. The van der Waals surface area contributed by atoms with E-state index in [0.29, 0.717) is 6.07 Å². The molecular weight excluding hydrogens is 361 g/mol. The van der Waals surface area contributed by atoms with Gasteiger partial charge in [0.05, 0.1) is 22.4 Å². The molecule has 0 aliphatic rings. The molecule has 1 aromatic carbocycles. The standard InChI is InChI=1S/C15H11F3N2O6/c1-8-10(4-5-25-8)14(22)26-7-13(21)19-12-3-2-9(20(23)24)6-11(12)15(16,17)18/h2-6H,7H2,1H3,(H,19,21). The van der Waals surface area contributed by atoms with Gasteiger partial charge in [0.25, 0.3) is 11.6 Å². The molecule has 11 heteroatoms. The number of carbonyl (C=O) groups is 2. The summed E-state index contributed by atoms with van der Waals surface area (Å²) in [5.74, 6) is -1.67. The number of hydrogen-bond acceptors (Lipinski definition) is 6. The predicted octanol–water partition coefficient (Wildman–Crippen LogP) is 3.31. The number of anilines is 1. The molecule has 138 valence electrons. The van der Waals surface area contributed by atoms with Gasteiger partial charge >= 0.3 is 12.1 Å². The zero-order valence-electron chi connectivity index (χ0n) is 13.1. The fourth-order valence-corrected chi connectivity index (χ4v) is 1.98. The van der Waals surface area contributed by atoms with Gasteiger partial charge in [0.1, 0.15) is 11.3 Å². The van der Waals surface area contributed by atoms with Crippen LogP contribution in [0.2, 0.25) is 0 Å². The van der Waals surface area contributed by atoms with Crippen LogP contribution in [-0.4, -0.2) is 23.4 Å². The van der Waals surface area contributed by atoms with Crippen LogP contribution >= 0.6 is 0 Å². The van der Waals surface area contributed by atoms with Gasteiger partial charge in [-0.1, -0.05) is 0 Å². The van der Waals surface area contributed by atoms with E-state index in [2.05, 4.69) is 4.74 Å². The molecule has 0 aliphatic carbocycles. The van der Waals surface area contributed by atoms with Gasteiger partial charge in [0.15, 0.2) is 6.61 Å². The van der Waals surface area contributed by atoms with Crippen LogP contribution in [0.15, 0.2) is 34.9 Å². The SMILES string of the molecule is Cc1occc1C(=O)OCC(=O)Nc1ccc([N+](=O)[O-])cc1C(F)(F)F. The van der Waals surface area contributed by atoms with E-state index in [1.165, 1.54) is 19.3 Å². The number of nitro benzene ring substituents is 1. The number of benzene rings is 1. The molecule has 0 fully saturated rings. The Kier molecular flexibility index (Phi) is 5.29. The zero-order chi connectivity index (χ0) is 19.5. The molecule has 2 aromatic rings. The number of halogens is 3. The normalized spacial score (nSPS) is 11.1. The Balaban J connectivity index is 2.10. The molecule has 8 nitrogen and oxygen atoms in total. The summed E-state index contributed by atoms with van der Waals surface area (Å²) in [6.07, 6.45) is -3.70. The van der Waals surface area contributed by atoms with Crippen molar-refractivity contribution >= 4 is 23.3 Å². The highest BCUT2D eigenvalue weighted by Gasteiger charge is 2.35. The Labute approximate surface area is 143 Å². The van der Waals surface area contributed by atoms with Gasteiger partial charge in [-0.2, -0.15) is 13.2 Å². The third kappa shape index (κ3) is 4.37. The lowest BCUT2D eigenvalue weighted by atomic mass is 10.1. The lowest BCUT2D eigenvalue weighted by Gasteiger charge is -2.13. The van der Waals surface area contributed by atoms with Gasteiger partial charge in [-0.3, -0.25) is 14.9 Å². The van der Waals surface area contributed by atoms with E-state index in [-0.39, 0.29) is 11.3 Å². The van der Waals surface area contributed by atoms with Crippen LogP contribution in [0.3, 0.4) is 0 Å². The van der Waals surface area contributed by atoms with E-state index >= 15 is 0 Å². The molecule has 1 amide bonds. The number of carbonyl (C=O) groups excluding carboxylic acids is 2. The summed E-state index contributed by atoms with van der Waals surface area (Å²) in [5.41, 5.74) is -2.79. The summed E-state index contributed by atoms with van der Waals surface area (Å²) in [6, 6.07) is 3.18. The third-order valence-electron chi connectivity index (χ3n) is 3.21. The number of aryl methyl sites for hydroxylation is 1. The minimum atomic E-state index is -4.93. The second-order valence-corrected chi connectivity index (χ2v) is 5.00. The molecule has 0 bridgehead atoms. The Morgan fingerprint density at radius 2 is 2.00 bits per heavy atom. The minimum absolute atomic E-state index is 0.0733. The smallest absolute Gasteiger partial charge is 0.418 e. The highest BCUT2D eigenvalue weighted by Crippen LogP contribution is 2.37. The van der Waals surface area contributed by atoms with Crippen molar-refractivity contribution < 1.29 is 36.8 Å². The molecule has 1 heterocycles. The van der Waals surface area contributed by atoms with E-state index < -0.39 is 46.5 Å². The van der Waals surface area contributed by atoms with E-state index in [0.717, 1.165) is 12.1 Å². The van der Waals surface area contributed by atoms with Gasteiger partial charge < -0.3 is 14.5 Å². The van der Waals surface area contributed by atoms with Crippen LogP contribution in [0.5, 0.6) is 0 Å². The quantitative estimate of drug-likeness (QED) is 0.490. The fraction of sp³-hybridized carbons (Fsp3) is 0.200. The molecule has 1 aromatic heterocycles. The number of ether oxygens (including phenoxy) is 1. The Morgan fingerprint density at radius 1 is 1.31 bits per heavy atom. The highest BCUT2D eigenvalue weighted by molar-refractivity contribution is 5.96. The Morgan fingerprint density at radius 3 is 2.54 bits per heavy atom. The molecule has 0 radical (unpaired) electrons. The Hall–Kier alpha value is -3.37. The summed E-state index contributed by atoms with van der Waals surface area (Å²) in [5, 5.41) is 12.5. The van der Waals surface area contributed by atoms with Crippen molar-refractivity contribution in [3.8, 4) is 0 Å². The first-order valence-corrected chi connectivity index (χ1v) is 6.96. The van der Waals surface area contributed by atoms with Gasteiger partial charge in [-0.15, -0.1) is 0 Å². The Bertz CT molecular complexity index is 859. The van der Waals surface area contributed by atoms with Crippen molar-refractivity contribution in [2.24, 2.45) is 0 Å². The average Bonchev–Trinajstić information content (AvgIpc) is 2.98. The number of amides is 1. The number of rotatable bonds is 5. The van der Waals surface area contributed by atoms with Crippen LogP contribution < -0.4 is 5.32 Å². The van der Waals surface area contributed by atoms with Crippen LogP contribution in [0, 0.1) is 17.0 Å². The summed E-state index contributed by atoms with van der Waals surface area (Å²) in [4.78, 5) is 33.1. The predicted molar refractivity (Wildman–Crippen MR) is 80.5 cm³/mol. The number of hydrogen-bond donors (Lipinski definition) is 1. The molecular formula is C15H11F3N2O6. The first kappa shape index (κ1) is 19.0. The van der Waals surface area contributed by atoms with Crippen molar-refractivity contribution in [1.29, 1.82) is 0 Å². The number of esters is 1. The molecule has 0 spiro atoms. The van der Waals surface area contributed by atoms with Crippen LogP contribution in [-0.2, 0) is 15.7 Å². The number of nitro groups is 1. The maximum Gasteiger partial charge on any atom is 0.418 e. The van der Waals surface area contributed by atoms with Crippen molar-refractivity contribution in [3.63, 3.8) is 0 Å². The lowest BCUT2D eigenvalue weighted by Crippen LogP contribution is -2.23. The van der Waals surface area contributed by atoms with E-state index in [1.54, 1.807) is 0 Å². The van der Waals surface area contributed by atoms with Gasteiger partial charge in [0, 0.05) is 12.1 Å². The molecule has 1 N–H and O–H groups in total. The first-order valence-electron chi connectivity index (χ1n) is 6.96. The molecule has 0 saturated carbocycles. The fourth-order valence-electron chi connectivity index (χ4n) is 1.98. The molecule has 0 saturated heterocycles. The average molecular weight is 372 g/mol. The van der Waals surface area contributed by atoms with Gasteiger partial charge in [0.2, 0.25) is 0 Å². The second kappa shape index (κ2) is 7.25. The first-order chi connectivity index (χ1) is 12.1. The molecule has 26 heavy (non-hydrogen) atoms. The number of alkyl halides is 3. The van der Waals surface area contributed by atoms with Crippen molar-refractivity contribution in [2.75, 3.05) is 11.9 Å². The topological polar surface area (TPSA) is 112 Å². The van der Waals surface area contributed by atoms with Crippen molar-refractivity contribution in [3.05, 3.63) is 57.5 Å². The van der Waals surface area contributed by atoms with Gasteiger partial charge in [-0.05, 0) is 19.1 Å². The van der Waals surface area contributed by atoms with Crippen molar-refractivity contribution in [1.82, 2.24) is 0 Å². The van der Waals surface area contributed by atoms with Crippen LogP contribution in [0.4, 0.5) is 24.5 Å². The maximum atomic E-state index is 13.0. The monoisotopic (exact) mass is 372 g/mol. The molecule has 2 rings (SSSR count). The second-order valence-electron chi connectivity index (χ2n) is 5.00. The largest absolute Gasteiger partial charge is 0.469 e. The molecule has 0 atom stereocenters. The minimum Gasteiger partial charge on any atom is -0.469 e. The summed E-state index contributed by atoms with van der Waals surface area (Å²) >= 11 is 0. The maximum absolute atomic E-state index is 13.0. The lowest BCUT2D eigenvalue weighted by molar-refractivity contribution is -0.385. The number of nitrogens with one attached hydrogen (secondary N) is 1. The van der Waals surface area contributed by atoms with Crippen LogP contribution in [0.25, 0.3) is 0 Å². The molecule has 0 aliphatic heterocycles.